The molecule has 0 amide bonds. The quantitative estimate of drug-likeness (QED) is 0.510. The summed E-state index contributed by atoms with van der Waals surface area (Å²) >= 11 is 0.856. The van der Waals surface area contributed by atoms with E-state index in [0.717, 1.165) is 30.0 Å². The Morgan fingerprint density at radius 2 is 2.06 bits per heavy atom. The molecule has 0 aliphatic rings. The molecule has 0 bridgehead atoms. The third kappa shape index (κ3) is 3.42. The van der Waals surface area contributed by atoms with Gasteiger partial charge in [-0.1, -0.05) is 0 Å². The van der Waals surface area contributed by atoms with E-state index in [4.69, 9.17) is 5.11 Å². The molecule has 0 fully saturated rings. The molecule has 0 saturated heterocycles. The zero-order valence-corrected chi connectivity index (χ0v) is 9.95. The van der Waals surface area contributed by atoms with Crippen molar-refractivity contribution < 1.29 is 19.2 Å². The van der Waals surface area contributed by atoms with Crippen LogP contribution in [0.2, 0.25) is 0 Å². The molecule has 92 valence electrons. The highest BCUT2D eigenvalue weighted by molar-refractivity contribution is 8.01. The van der Waals surface area contributed by atoms with E-state index < -0.39 is 27.1 Å². The second kappa shape index (κ2) is 4.70. The topological polar surface area (TPSA) is 80.4 Å². The fourth-order valence-corrected chi connectivity index (χ4v) is 2.08. The third-order valence-electron chi connectivity index (χ3n) is 1.95. The summed E-state index contributed by atoms with van der Waals surface area (Å²) in [7, 11) is 0. The van der Waals surface area contributed by atoms with Crippen molar-refractivity contribution in [2.75, 3.05) is 0 Å². The molecule has 7 heteroatoms. The predicted molar refractivity (Wildman–Crippen MR) is 60.6 cm³/mol. The van der Waals surface area contributed by atoms with E-state index in [9.17, 15) is 19.3 Å². The molecule has 1 rings (SSSR count). The van der Waals surface area contributed by atoms with Crippen LogP contribution in [0.3, 0.4) is 0 Å². The van der Waals surface area contributed by atoms with Crippen LogP contribution in [0, 0.1) is 15.9 Å². The van der Waals surface area contributed by atoms with Gasteiger partial charge in [-0.05, 0) is 19.9 Å². The molecular formula is C10H10FNO4S. The highest BCUT2D eigenvalue weighted by Gasteiger charge is 2.29. The van der Waals surface area contributed by atoms with Gasteiger partial charge in [-0.25, -0.2) is 4.39 Å². The van der Waals surface area contributed by atoms with E-state index in [1.54, 1.807) is 0 Å². The van der Waals surface area contributed by atoms with Crippen LogP contribution in [0.25, 0.3) is 0 Å². The second-order valence-electron chi connectivity index (χ2n) is 3.82. The first kappa shape index (κ1) is 13.4. The molecule has 1 aromatic carbocycles. The summed E-state index contributed by atoms with van der Waals surface area (Å²) in [5.74, 6) is -1.84. The Kier molecular flexibility index (Phi) is 3.72. The Morgan fingerprint density at radius 1 is 1.47 bits per heavy atom. The number of nitro benzene ring substituents is 1. The van der Waals surface area contributed by atoms with Gasteiger partial charge in [0.1, 0.15) is 10.6 Å². The lowest BCUT2D eigenvalue weighted by atomic mass is 10.2. The zero-order valence-electron chi connectivity index (χ0n) is 9.14. The number of rotatable bonds is 4. The fourth-order valence-electron chi connectivity index (χ4n) is 1.05. The van der Waals surface area contributed by atoms with E-state index in [1.807, 2.05) is 0 Å². The van der Waals surface area contributed by atoms with Crippen LogP contribution in [0.1, 0.15) is 13.8 Å². The lowest BCUT2D eigenvalue weighted by Crippen LogP contribution is -2.26. The summed E-state index contributed by atoms with van der Waals surface area (Å²) in [6.07, 6.45) is 0. The lowest BCUT2D eigenvalue weighted by Gasteiger charge is -2.18. The van der Waals surface area contributed by atoms with Crippen molar-refractivity contribution in [1.29, 1.82) is 0 Å². The van der Waals surface area contributed by atoms with Gasteiger partial charge >= 0.3 is 5.97 Å². The number of non-ortho nitro benzene ring substituents is 1. The first-order valence-electron chi connectivity index (χ1n) is 4.60. The Morgan fingerprint density at radius 3 is 2.53 bits per heavy atom. The number of carbonyl (C=O) groups is 1. The SMILES string of the molecule is CC(C)(Sc1cc(F)cc([N+](=O)[O-])c1)C(=O)O. The first-order chi connectivity index (χ1) is 7.72. The Balaban J connectivity index is 3.07. The Labute approximate surface area is 101 Å². The summed E-state index contributed by atoms with van der Waals surface area (Å²) in [4.78, 5) is 20.9. The number of thioether (sulfide) groups is 1. The highest BCUT2D eigenvalue weighted by atomic mass is 32.2. The molecule has 0 atom stereocenters. The van der Waals surface area contributed by atoms with Crippen molar-refractivity contribution in [3.63, 3.8) is 0 Å². The van der Waals surface area contributed by atoms with Crippen molar-refractivity contribution in [3.05, 3.63) is 34.1 Å². The van der Waals surface area contributed by atoms with Gasteiger partial charge in [0.2, 0.25) is 0 Å². The van der Waals surface area contributed by atoms with Crippen LogP contribution >= 0.6 is 11.8 Å². The molecule has 1 N–H and O–H groups in total. The van der Waals surface area contributed by atoms with Crippen LogP contribution in [0.5, 0.6) is 0 Å². The summed E-state index contributed by atoms with van der Waals surface area (Å²) in [5.41, 5.74) is -0.395. The fraction of sp³-hybridized carbons (Fsp3) is 0.300. The minimum atomic E-state index is -1.18. The predicted octanol–water partition coefficient (Wildman–Crippen LogP) is 2.69. The maximum atomic E-state index is 13.1. The summed E-state index contributed by atoms with van der Waals surface area (Å²) in [6.45, 7) is 2.88. The molecule has 0 radical (unpaired) electrons. The van der Waals surface area contributed by atoms with Crippen LogP contribution in [-0.4, -0.2) is 20.7 Å². The molecule has 0 aromatic heterocycles. The van der Waals surface area contributed by atoms with Gasteiger partial charge in [0.05, 0.1) is 11.0 Å². The number of carboxylic acid groups (broad SMARTS) is 1. The van der Waals surface area contributed by atoms with Gasteiger partial charge in [-0.15, -0.1) is 11.8 Å². The van der Waals surface area contributed by atoms with Gasteiger partial charge in [0, 0.05) is 11.0 Å². The first-order valence-corrected chi connectivity index (χ1v) is 5.41. The number of benzene rings is 1. The zero-order chi connectivity index (χ0) is 13.2. The van der Waals surface area contributed by atoms with Crippen LogP contribution in [-0.2, 0) is 4.79 Å². The molecule has 0 aliphatic carbocycles. The molecule has 1 aromatic rings. The molecule has 17 heavy (non-hydrogen) atoms. The third-order valence-corrected chi connectivity index (χ3v) is 3.11. The van der Waals surface area contributed by atoms with Crippen LogP contribution in [0.15, 0.2) is 23.1 Å². The highest BCUT2D eigenvalue weighted by Crippen LogP contribution is 2.34. The van der Waals surface area contributed by atoms with Crippen molar-refractivity contribution in [2.45, 2.75) is 23.5 Å². The van der Waals surface area contributed by atoms with Gasteiger partial charge in [0.15, 0.2) is 0 Å². The lowest BCUT2D eigenvalue weighted by molar-refractivity contribution is -0.385. The van der Waals surface area contributed by atoms with Crippen molar-refractivity contribution in [2.24, 2.45) is 0 Å². The van der Waals surface area contributed by atoms with E-state index >= 15 is 0 Å². The minimum absolute atomic E-state index is 0.212. The number of aliphatic carboxylic acids is 1. The average Bonchev–Trinajstić information content (AvgIpc) is 2.15. The number of carboxylic acids is 1. The molecule has 0 saturated carbocycles. The largest absolute Gasteiger partial charge is 0.480 e. The van der Waals surface area contributed by atoms with Crippen LogP contribution < -0.4 is 0 Å². The van der Waals surface area contributed by atoms with Gasteiger partial charge in [-0.3, -0.25) is 14.9 Å². The smallest absolute Gasteiger partial charge is 0.319 e. The Bertz CT molecular complexity index is 475. The normalized spacial score (nSPS) is 11.2. The maximum absolute atomic E-state index is 13.1. The average molecular weight is 259 g/mol. The number of hydrogen-bond acceptors (Lipinski definition) is 4. The summed E-state index contributed by atoms with van der Waals surface area (Å²) in [6, 6.07) is 3.01. The standard InChI is InChI=1S/C10H10FNO4S/c1-10(2,9(13)14)17-8-4-6(11)3-7(5-8)12(15)16/h3-5H,1-2H3,(H,13,14). The molecule has 5 nitrogen and oxygen atoms in total. The summed E-state index contributed by atoms with van der Waals surface area (Å²) < 4.78 is 11.9. The van der Waals surface area contributed by atoms with Gasteiger partial charge < -0.3 is 5.11 Å². The van der Waals surface area contributed by atoms with E-state index in [-0.39, 0.29) is 4.90 Å². The number of nitro groups is 1. The van der Waals surface area contributed by atoms with Gasteiger partial charge in [0.25, 0.3) is 5.69 Å². The number of nitrogens with zero attached hydrogens (tertiary/aromatic N) is 1. The molecule has 0 aliphatic heterocycles. The number of hydrogen-bond donors (Lipinski definition) is 1. The molecule has 0 unspecified atom stereocenters. The molecule has 0 spiro atoms. The van der Waals surface area contributed by atoms with Crippen LogP contribution in [0.4, 0.5) is 10.1 Å². The Hall–Kier alpha value is -1.63. The van der Waals surface area contributed by atoms with Crippen molar-refractivity contribution in [3.8, 4) is 0 Å². The van der Waals surface area contributed by atoms with Gasteiger partial charge in [-0.2, -0.15) is 0 Å². The second-order valence-corrected chi connectivity index (χ2v) is 5.52. The van der Waals surface area contributed by atoms with E-state index in [2.05, 4.69) is 0 Å². The minimum Gasteiger partial charge on any atom is -0.480 e. The summed E-state index contributed by atoms with van der Waals surface area (Å²) in [5, 5.41) is 19.4. The van der Waals surface area contributed by atoms with E-state index in [0.29, 0.717) is 0 Å². The monoisotopic (exact) mass is 259 g/mol. The maximum Gasteiger partial charge on any atom is 0.319 e. The van der Waals surface area contributed by atoms with Crippen molar-refractivity contribution >= 4 is 23.4 Å². The van der Waals surface area contributed by atoms with E-state index in [1.165, 1.54) is 13.8 Å². The number of halogens is 1. The molecular weight excluding hydrogens is 249 g/mol. The van der Waals surface area contributed by atoms with Crippen molar-refractivity contribution in [1.82, 2.24) is 0 Å². The molecule has 0 heterocycles.